The van der Waals surface area contributed by atoms with Gasteiger partial charge in [-0.25, -0.2) is 4.68 Å². The predicted molar refractivity (Wildman–Crippen MR) is 80.6 cm³/mol. The minimum absolute atomic E-state index is 0.548. The van der Waals surface area contributed by atoms with Gasteiger partial charge in [0.05, 0.1) is 25.0 Å². The fourth-order valence-corrected chi connectivity index (χ4v) is 2.03. The second-order valence-corrected chi connectivity index (χ2v) is 4.76. The number of hydrogen-bond acceptors (Lipinski definition) is 5. The number of methoxy groups -OCH3 is 1. The zero-order chi connectivity index (χ0) is 15.1. The summed E-state index contributed by atoms with van der Waals surface area (Å²) in [5.41, 5.74) is 7.62. The average molecular weight is 290 g/mol. The van der Waals surface area contributed by atoms with E-state index in [1.807, 2.05) is 35.9 Å². The zero-order valence-corrected chi connectivity index (χ0v) is 12.6. The second-order valence-electron chi connectivity index (χ2n) is 4.76. The third kappa shape index (κ3) is 4.19. The van der Waals surface area contributed by atoms with Crippen molar-refractivity contribution < 1.29 is 9.47 Å². The first-order chi connectivity index (χ1) is 10.2. The highest BCUT2D eigenvalue weighted by atomic mass is 16.5. The van der Waals surface area contributed by atoms with E-state index in [9.17, 15) is 0 Å². The van der Waals surface area contributed by atoms with E-state index in [2.05, 4.69) is 10.3 Å². The van der Waals surface area contributed by atoms with Crippen LogP contribution in [0.3, 0.4) is 0 Å². The molecule has 2 aromatic rings. The van der Waals surface area contributed by atoms with E-state index >= 15 is 0 Å². The number of aromatic nitrogens is 3. The zero-order valence-electron chi connectivity index (χ0n) is 12.6. The molecular weight excluding hydrogens is 268 g/mol. The van der Waals surface area contributed by atoms with Crippen molar-refractivity contribution >= 4 is 0 Å². The molecule has 114 valence electrons. The van der Waals surface area contributed by atoms with Gasteiger partial charge in [-0.1, -0.05) is 5.21 Å². The lowest BCUT2D eigenvalue weighted by atomic mass is 10.2. The van der Waals surface area contributed by atoms with Gasteiger partial charge in [-0.05, 0) is 50.6 Å². The third-order valence-corrected chi connectivity index (χ3v) is 3.33. The third-order valence-electron chi connectivity index (χ3n) is 3.33. The molecule has 2 N–H and O–H groups in total. The lowest BCUT2D eigenvalue weighted by Gasteiger charge is -2.08. The molecule has 0 aliphatic rings. The molecule has 0 fully saturated rings. The Morgan fingerprint density at radius 2 is 1.90 bits per heavy atom. The molecule has 1 aromatic carbocycles. The van der Waals surface area contributed by atoms with Crippen LogP contribution in [0.15, 0.2) is 24.3 Å². The molecule has 0 amide bonds. The number of nitrogens with two attached hydrogens (primary N) is 1. The largest absolute Gasteiger partial charge is 0.497 e. The van der Waals surface area contributed by atoms with Crippen LogP contribution in [0, 0.1) is 6.92 Å². The summed E-state index contributed by atoms with van der Waals surface area (Å²) in [6, 6.07) is 7.53. The topological polar surface area (TPSA) is 75.2 Å². The highest BCUT2D eigenvalue weighted by molar-refractivity contribution is 5.31. The van der Waals surface area contributed by atoms with Crippen LogP contribution in [0.4, 0.5) is 0 Å². The van der Waals surface area contributed by atoms with E-state index in [0.29, 0.717) is 19.7 Å². The highest BCUT2D eigenvalue weighted by Crippen LogP contribution is 2.17. The summed E-state index contributed by atoms with van der Waals surface area (Å²) in [6.07, 6.45) is 1.81. The average Bonchev–Trinajstić information content (AvgIpc) is 2.86. The fraction of sp³-hybridized carbons (Fsp3) is 0.467. The summed E-state index contributed by atoms with van der Waals surface area (Å²) >= 11 is 0. The van der Waals surface area contributed by atoms with Crippen molar-refractivity contribution in [3.63, 3.8) is 0 Å². The number of nitrogens with zero attached hydrogens (tertiary/aromatic N) is 3. The van der Waals surface area contributed by atoms with Crippen LogP contribution < -0.4 is 15.2 Å². The number of ether oxygens (including phenoxy) is 2. The van der Waals surface area contributed by atoms with Crippen molar-refractivity contribution in [3.8, 4) is 11.5 Å². The molecule has 0 aliphatic heterocycles. The minimum Gasteiger partial charge on any atom is -0.497 e. The molecule has 0 saturated heterocycles. The summed E-state index contributed by atoms with van der Waals surface area (Å²) in [4.78, 5) is 0. The molecule has 2 rings (SSSR count). The quantitative estimate of drug-likeness (QED) is 0.798. The molecular formula is C15H22N4O2. The fourth-order valence-electron chi connectivity index (χ4n) is 2.03. The first kappa shape index (κ1) is 15.3. The van der Waals surface area contributed by atoms with Crippen LogP contribution >= 0.6 is 0 Å². The molecule has 1 heterocycles. The monoisotopic (exact) mass is 290 g/mol. The Balaban J connectivity index is 1.83. The Bertz CT molecular complexity index is 551. The van der Waals surface area contributed by atoms with Crippen LogP contribution in [0.2, 0.25) is 0 Å². The number of rotatable bonds is 8. The van der Waals surface area contributed by atoms with Crippen LogP contribution in [-0.4, -0.2) is 35.3 Å². The summed E-state index contributed by atoms with van der Waals surface area (Å²) in [5.74, 6) is 1.64. The molecule has 6 nitrogen and oxygen atoms in total. The maximum Gasteiger partial charge on any atom is 0.119 e. The van der Waals surface area contributed by atoms with Crippen LogP contribution in [0.25, 0.3) is 0 Å². The maximum absolute atomic E-state index is 5.69. The van der Waals surface area contributed by atoms with Crippen LogP contribution in [-0.2, 0) is 13.0 Å². The summed E-state index contributed by atoms with van der Waals surface area (Å²) in [5, 5.41) is 8.34. The van der Waals surface area contributed by atoms with E-state index in [1.165, 1.54) is 0 Å². The maximum atomic E-state index is 5.69. The first-order valence-electron chi connectivity index (χ1n) is 7.10. The standard InChI is InChI=1S/C15H22N4O2/c1-12-15(4-3-9-16)17-18-19(12)10-11-21-14-7-5-13(20-2)6-8-14/h5-8H,3-4,9-11,16H2,1-2H3. The molecule has 1 aromatic heterocycles. The van der Waals surface area contributed by atoms with Gasteiger partial charge in [0, 0.05) is 0 Å². The van der Waals surface area contributed by atoms with E-state index in [1.54, 1.807) is 7.11 Å². The van der Waals surface area contributed by atoms with Crippen molar-refractivity contribution in [2.45, 2.75) is 26.3 Å². The smallest absolute Gasteiger partial charge is 0.119 e. The molecule has 0 spiro atoms. The van der Waals surface area contributed by atoms with Gasteiger partial charge in [-0.3, -0.25) is 0 Å². The molecule has 6 heteroatoms. The number of hydrogen-bond donors (Lipinski definition) is 1. The van der Waals surface area contributed by atoms with Crippen LogP contribution in [0.1, 0.15) is 17.8 Å². The van der Waals surface area contributed by atoms with Crippen molar-refractivity contribution in [2.24, 2.45) is 5.73 Å². The van der Waals surface area contributed by atoms with Crippen molar-refractivity contribution in [3.05, 3.63) is 35.7 Å². The van der Waals surface area contributed by atoms with Crippen molar-refractivity contribution in [1.82, 2.24) is 15.0 Å². The summed E-state index contributed by atoms with van der Waals surface area (Å²) < 4.78 is 12.7. The Hall–Kier alpha value is -2.08. The lowest BCUT2D eigenvalue weighted by Crippen LogP contribution is -2.11. The molecule has 0 radical (unpaired) electrons. The highest BCUT2D eigenvalue weighted by Gasteiger charge is 2.07. The SMILES string of the molecule is COc1ccc(OCCn2nnc(CCCN)c2C)cc1. The van der Waals surface area contributed by atoms with Gasteiger partial charge in [0.15, 0.2) is 0 Å². The van der Waals surface area contributed by atoms with Gasteiger partial charge in [0.1, 0.15) is 18.1 Å². The van der Waals surface area contributed by atoms with Gasteiger partial charge < -0.3 is 15.2 Å². The molecule has 0 saturated carbocycles. The Morgan fingerprint density at radius 3 is 2.57 bits per heavy atom. The van der Waals surface area contributed by atoms with Gasteiger partial charge in [0.25, 0.3) is 0 Å². The Morgan fingerprint density at radius 1 is 1.19 bits per heavy atom. The van der Waals surface area contributed by atoms with Gasteiger partial charge in [-0.15, -0.1) is 5.10 Å². The van der Waals surface area contributed by atoms with E-state index in [0.717, 1.165) is 35.7 Å². The minimum atomic E-state index is 0.548. The van der Waals surface area contributed by atoms with E-state index in [-0.39, 0.29) is 0 Å². The van der Waals surface area contributed by atoms with Gasteiger partial charge in [-0.2, -0.15) is 0 Å². The normalized spacial score (nSPS) is 10.6. The van der Waals surface area contributed by atoms with Crippen molar-refractivity contribution in [1.29, 1.82) is 0 Å². The predicted octanol–water partition coefficient (Wildman–Crippen LogP) is 1.57. The number of aryl methyl sites for hydroxylation is 1. The molecule has 21 heavy (non-hydrogen) atoms. The first-order valence-corrected chi connectivity index (χ1v) is 7.10. The lowest BCUT2D eigenvalue weighted by molar-refractivity contribution is 0.287. The molecule has 0 aliphatic carbocycles. The van der Waals surface area contributed by atoms with Gasteiger partial charge in [0.2, 0.25) is 0 Å². The van der Waals surface area contributed by atoms with Gasteiger partial charge >= 0.3 is 0 Å². The Labute approximate surface area is 124 Å². The van der Waals surface area contributed by atoms with E-state index < -0.39 is 0 Å². The van der Waals surface area contributed by atoms with Crippen LogP contribution in [0.5, 0.6) is 11.5 Å². The van der Waals surface area contributed by atoms with Crippen molar-refractivity contribution in [2.75, 3.05) is 20.3 Å². The summed E-state index contributed by atoms with van der Waals surface area (Å²) in [7, 11) is 1.64. The second kappa shape index (κ2) is 7.64. The number of benzene rings is 1. The Kier molecular flexibility index (Phi) is 5.57. The van der Waals surface area contributed by atoms with E-state index in [4.69, 9.17) is 15.2 Å². The molecule has 0 bridgehead atoms. The molecule has 0 atom stereocenters. The molecule has 0 unspecified atom stereocenters. The summed E-state index contributed by atoms with van der Waals surface area (Å²) in [6.45, 7) is 3.92.